The van der Waals surface area contributed by atoms with E-state index in [0.717, 1.165) is 18.5 Å². The Bertz CT molecular complexity index is 212. The van der Waals surface area contributed by atoms with Crippen LogP contribution in [0.1, 0.15) is 6.42 Å². The molecule has 0 spiro atoms. The molecule has 0 aromatic carbocycles. The molecule has 2 nitrogen and oxygen atoms in total. The summed E-state index contributed by atoms with van der Waals surface area (Å²) in [5.41, 5.74) is 1.09. The van der Waals surface area contributed by atoms with E-state index in [-0.39, 0.29) is 5.91 Å². The Labute approximate surface area is 60.5 Å². The fourth-order valence-electron chi connectivity index (χ4n) is 0.986. The smallest absolute Gasteiger partial charge is 0.298 e. The van der Waals surface area contributed by atoms with Crippen LogP contribution in [0, 0.1) is 12.3 Å². The molecule has 0 unspecified atom stereocenters. The van der Waals surface area contributed by atoms with Gasteiger partial charge in [0.15, 0.2) is 0 Å². The maximum absolute atomic E-state index is 10.8. The Hall–Kier alpha value is -1.23. The standard InChI is InChI=1S/C8H9NO/c1-3-8(10)9-5-4-7(2)6-9/h1H,2,4-6H2. The fraction of sp³-hybridized carbons (Fsp3) is 0.375. The molecule has 1 rings (SSSR count). The first-order valence-corrected chi connectivity index (χ1v) is 3.16. The molecule has 52 valence electrons. The summed E-state index contributed by atoms with van der Waals surface area (Å²) in [6.45, 7) is 5.14. The van der Waals surface area contributed by atoms with Gasteiger partial charge in [0.2, 0.25) is 0 Å². The Morgan fingerprint density at radius 2 is 2.50 bits per heavy atom. The zero-order valence-electron chi connectivity index (χ0n) is 5.76. The van der Waals surface area contributed by atoms with E-state index in [0.29, 0.717) is 6.54 Å². The molecule has 1 heterocycles. The molecule has 0 saturated carbocycles. The normalized spacial score (nSPS) is 17.1. The Kier molecular flexibility index (Phi) is 1.77. The van der Waals surface area contributed by atoms with Gasteiger partial charge in [-0.1, -0.05) is 12.2 Å². The van der Waals surface area contributed by atoms with Gasteiger partial charge >= 0.3 is 0 Å². The van der Waals surface area contributed by atoms with Crippen LogP contribution in [0.2, 0.25) is 0 Å². The summed E-state index contributed by atoms with van der Waals surface area (Å²) in [4.78, 5) is 12.4. The summed E-state index contributed by atoms with van der Waals surface area (Å²) < 4.78 is 0. The fourth-order valence-corrected chi connectivity index (χ4v) is 0.986. The Balaban J connectivity index is 2.54. The van der Waals surface area contributed by atoms with E-state index < -0.39 is 0 Å². The van der Waals surface area contributed by atoms with Gasteiger partial charge in [0.25, 0.3) is 5.91 Å². The van der Waals surface area contributed by atoms with Crippen molar-refractivity contribution in [2.45, 2.75) is 6.42 Å². The van der Waals surface area contributed by atoms with Crippen LogP contribution in [0.4, 0.5) is 0 Å². The number of carbonyl (C=O) groups is 1. The minimum absolute atomic E-state index is 0.223. The van der Waals surface area contributed by atoms with Gasteiger partial charge in [-0.25, -0.2) is 0 Å². The van der Waals surface area contributed by atoms with E-state index in [1.165, 1.54) is 0 Å². The van der Waals surface area contributed by atoms with Gasteiger partial charge in [-0.15, -0.1) is 6.42 Å². The second-order valence-corrected chi connectivity index (χ2v) is 2.37. The van der Waals surface area contributed by atoms with Crippen molar-refractivity contribution in [3.63, 3.8) is 0 Å². The molecule has 1 amide bonds. The molecule has 2 heteroatoms. The summed E-state index contributed by atoms with van der Waals surface area (Å²) in [5, 5.41) is 0. The Morgan fingerprint density at radius 3 is 2.90 bits per heavy atom. The molecule has 0 bridgehead atoms. The largest absolute Gasteiger partial charge is 0.328 e. The zero-order chi connectivity index (χ0) is 7.56. The van der Waals surface area contributed by atoms with Crippen LogP contribution in [-0.4, -0.2) is 23.9 Å². The van der Waals surface area contributed by atoms with Gasteiger partial charge in [-0.2, -0.15) is 0 Å². The van der Waals surface area contributed by atoms with Crippen molar-refractivity contribution in [1.82, 2.24) is 4.90 Å². The number of rotatable bonds is 0. The molecule has 1 aliphatic rings. The third-order valence-corrected chi connectivity index (χ3v) is 1.56. The van der Waals surface area contributed by atoms with Crippen molar-refractivity contribution < 1.29 is 4.79 Å². The molecule has 0 radical (unpaired) electrons. The minimum Gasteiger partial charge on any atom is -0.328 e. The van der Waals surface area contributed by atoms with Crippen LogP contribution in [-0.2, 0) is 4.79 Å². The van der Waals surface area contributed by atoms with Crippen LogP contribution >= 0.6 is 0 Å². The lowest BCUT2D eigenvalue weighted by atomic mass is 10.3. The summed E-state index contributed by atoms with van der Waals surface area (Å²) in [6, 6.07) is 0. The van der Waals surface area contributed by atoms with Gasteiger partial charge in [0, 0.05) is 13.1 Å². The molecule has 0 N–H and O–H groups in total. The number of nitrogens with zero attached hydrogens (tertiary/aromatic N) is 1. The number of amides is 1. The maximum atomic E-state index is 10.8. The van der Waals surface area contributed by atoms with Crippen molar-refractivity contribution in [2.75, 3.05) is 13.1 Å². The summed E-state index contributed by atoms with van der Waals surface area (Å²) in [6.07, 6.45) is 5.82. The molecule has 0 aromatic heterocycles. The van der Waals surface area contributed by atoms with Crippen LogP contribution < -0.4 is 0 Å². The summed E-state index contributed by atoms with van der Waals surface area (Å²) in [7, 11) is 0. The van der Waals surface area contributed by atoms with E-state index in [2.05, 4.69) is 12.5 Å². The van der Waals surface area contributed by atoms with Crippen LogP contribution in [0.25, 0.3) is 0 Å². The van der Waals surface area contributed by atoms with Gasteiger partial charge < -0.3 is 4.90 Å². The molecule has 1 saturated heterocycles. The average molecular weight is 135 g/mol. The van der Waals surface area contributed by atoms with Gasteiger partial charge in [-0.05, 0) is 12.3 Å². The van der Waals surface area contributed by atoms with Gasteiger partial charge in [0.1, 0.15) is 0 Å². The number of likely N-dealkylation sites (tertiary alicyclic amines) is 1. The third kappa shape index (κ3) is 1.19. The van der Waals surface area contributed by atoms with Crippen LogP contribution in [0.3, 0.4) is 0 Å². The van der Waals surface area contributed by atoms with Gasteiger partial charge in [-0.3, -0.25) is 4.79 Å². The Morgan fingerprint density at radius 1 is 1.80 bits per heavy atom. The van der Waals surface area contributed by atoms with Crippen molar-refractivity contribution in [2.24, 2.45) is 0 Å². The molecule has 10 heavy (non-hydrogen) atoms. The second kappa shape index (κ2) is 2.57. The van der Waals surface area contributed by atoms with E-state index in [1.54, 1.807) is 4.90 Å². The summed E-state index contributed by atoms with van der Waals surface area (Å²) in [5.74, 6) is 1.85. The lowest BCUT2D eigenvalue weighted by molar-refractivity contribution is -0.123. The highest BCUT2D eigenvalue weighted by Gasteiger charge is 2.17. The molecule has 1 fully saturated rings. The minimum atomic E-state index is -0.223. The monoisotopic (exact) mass is 135 g/mol. The van der Waals surface area contributed by atoms with Crippen LogP contribution in [0.5, 0.6) is 0 Å². The van der Waals surface area contributed by atoms with E-state index in [1.807, 2.05) is 0 Å². The highest BCUT2D eigenvalue weighted by Crippen LogP contribution is 2.11. The number of hydrogen-bond donors (Lipinski definition) is 0. The highest BCUT2D eigenvalue weighted by molar-refractivity contribution is 5.93. The van der Waals surface area contributed by atoms with Crippen molar-refractivity contribution in [3.05, 3.63) is 12.2 Å². The average Bonchev–Trinajstić information content (AvgIpc) is 2.34. The first-order valence-electron chi connectivity index (χ1n) is 3.16. The first kappa shape index (κ1) is 6.88. The van der Waals surface area contributed by atoms with E-state index in [4.69, 9.17) is 6.42 Å². The zero-order valence-corrected chi connectivity index (χ0v) is 5.76. The third-order valence-electron chi connectivity index (χ3n) is 1.56. The van der Waals surface area contributed by atoms with Crippen molar-refractivity contribution >= 4 is 5.91 Å². The number of terminal acetylenes is 1. The molecular weight excluding hydrogens is 126 g/mol. The lowest BCUT2D eigenvalue weighted by Crippen LogP contribution is -2.25. The molecule has 0 aromatic rings. The second-order valence-electron chi connectivity index (χ2n) is 2.37. The maximum Gasteiger partial charge on any atom is 0.298 e. The first-order chi connectivity index (χ1) is 4.74. The highest BCUT2D eigenvalue weighted by atomic mass is 16.2. The lowest BCUT2D eigenvalue weighted by Gasteiger charge is -2.08. The SMILES string of the molecule is C#CC(=O)N1CCC(=C)C1. The van der Waals surface area contributed by atoms with Gasteiger partial charge in [0.05, 0.1) is 0 Å². The number of carbonyl (C=O) groups excluding carboxylic acids is 1. The van der Waals surface area contributed by atoms with Crippen molar-refractivity contribution in [1.29, 1.82) is 0 Å². The molecule has 1 aliphatic heterocycles. The molecular formula is C8H9NO. The molecule has 0 atom stereocenters. The quantitative estimate of drug-likeness (QED) is 0.348. The summed E-state index contributed by atoms with van der Waals surface area (Å²) >= 11 is 0. The van der Waals surface area contributed by atoms with E-state index >= 15 is 0 Å². The van der Waals surface area contributed by atoms with Crippen LogP contribution in [0.15, 0.2) is 12.2 Å². The van der Waals surface area contributed by atoms with Crippen molar-refractivity contribution in [3.8, 4) is 12.3 Å². The predicted octanol–water partition coefficient (Wildman–Crippen LogP) is 0.408. The predicted molar refractivity (Wildman–Crippen MR) is 39.2 cm³/mol. The van der Waals surface area contributed by atoms with E-state index in [9.17, 15) is 4.79 Å². The topological polar surface area (TPSA) is 20.3 Å². The number of hydrogen-bond acceptors (Lipinski definition) is 1. The molecule has 0 aliphatic carbocycles.